The van der Waals surface area contributed by atoms with Crippen LogP contribution >= 0.6 is 11.5 Å². The molecule has 1 N–H and O–H groups in total. The minimum atomic E-state index is -0.365. The topological polar surface area (TPSA) is 72.7 Å². The Labute approximate surface area is 118 Å². The van der Waals surface area contributed by atoms with E-state index in [0.29, 0.717) is 0 Å². The summed E-state index contributed by atoms with van der Waals surface area (Å²) in [6, 6.07) is 7.73. The summed E-state index contributed by atoms with van der Waals surface area (Å²) in [5.74, 6) is 0. The number of aryl methyl sites for hydroxylation is 1. The Kier molecular flexibility index (Phi) is 3.11. The van der Waals surface area contributed by atoms with Crippen LogP contribution in [0, 0.1) is 0 Å². The van der Waals surface area contributed by atoms with Gasteiger partial charge in [-0.05, 0) is 11.1 Å². The van der Waals surface area contributed by atoms with E-state index in [0.717, 1.165) is 28.2 Å². The quantitative estimate of drug-likeness (QED) is 0.783. The Balaban J connectivity index is 1.87. The maximum atomic E-state index is 11.5. The summed E-state index contributed by atoms with van der Waals surface area (Å²) >= 11 is 0.812. The van der Waals surface area contributed by atoms with Crippen molar-refractivity contribution in [2.75, 3.05) is 0 Å². The SMILES string of the molecule is Cn1cc(-c2ccc(Cn3c(=O)[nH]sc3=O)cc2)cn1. The zero-order valence-electron chi connectivity index (χ0n) is 10.7. The van der Waals surface area contributed by atoms with Crippen LogP contribution in [-0.4, -0.2) is 18.7 Å². The Morgan fingerprint density at radius 1 is 1.20 bits per heavy atom. The summed E-state index contributed by atoms with van der Waals surface area (Å²) in [7, 11) is 1.87. The van der Waals surface area contributed by atoms with Gasteiger partial charge in [0.1, 0.15) is 0 Å². The summed E-state index contributed by atoms with van der Waals surface area (Å²) in [5, 5.41) is 4.13. The lowest BCUT2D eigenvalue weighted by molar-refractivity contribution is 0.739. The third-order valence-corrected chi connectivity index (χ3v) is 3.70. The Hall–Kier alpha value is -2.41. The Morgan fingerprint density at radius 3 is 2.50 bits per heavy atom. The lowest BCUT2D eigenvalue weighted by atomic mass is 10.1. The van der Waals surface area contributed by atoms with Crippen molar-refractivity contribution in [2.24, 2.45) is 7.05 Å². The van der Waals surface area contributed by atoms with Gasteiger partial charge in [-0.25, -0.2) is 9.36 Å². The van der Waals surface area contributed by atoms with E-state index in [1.807, 2.05) is 37.5 Å². The molecule has 0 aliphatic heterocycles. The summed E-state index contributed by atoms with van der Waals surface area (Å²) in [6.07, 6.45) is 3.73. The highest BCUT2D eigenvalue weighted by atomic mass is 32.1. The second-order valence-electron chi connectivity index (χ2n) is 4.46. The van der Waals surface area contributed by atoms with Gasteiger partial charge in [0.15, 0.2) is 0 Å². The maximum Gasteiger partial charge on any atom is 0.338 e. The summed E-state index contributed by atoms with van der Waals surface area (Å²) in [6.45, 7) is 0.283. The Morgan fingerprint density at radius 2 is 1.95 bits per heavy atom. The molecule has 0 atom stereocenters. The summed E-state index contributed by atoms with van der Waals surface area (Å²) in [4.78, 5) is 22.6. The normalized spacial score (nSPS) is 10.8. The van der Waals surface area contributed by atoms with Gasteiger partial charge in [0.25, 0.3) is 0 Å². The van der Waals surface area contributed by atoms with Crippen LogP contribution in [-0.2, 0) is 13.6 Å². The number of aromatic nitrogens is 4. The van der Waals surface area contributed by atoms with Crippen molar-refractivity contribution in [3.63, 3.8) is 0 Å². The van der Waals surface area contributed by atoms with Crippen LogP contribution in [0.4, 0.5) is 0 Å². The molecule has 0 aliphatic rings. The molecule has 6 nitrogen and oxygen atoms in total. The number of rotatable bonds is 3. The highest BCUT2D eigenvalue weighted by Gasteiger charge is 2.05. The molecule has 2 heterocycles. The minimum Gasteiger partial charge on any atom is -0.275 e. The maximum absolute atomic E-state index is 11.5. The van der Waals surface area contributed by atoms with Crippen LogP contribution in [0.15, 0.2) is 46.2 Å². The smallest absolute Gasteiger partial charge is 0.275 e. The van der Waals surface area contributed by atoms with Crippen molar-refractivity contribution in [3.05, 3.63) is 62.4 Å². The predicted molar refractivity (Wildman–Crippen MR) is 76.9 cm³/mol. The Bertz CT molecular complexity index is 811. The minimum absolute atomic E-state index is 0.272. The third-order valence-electron chi connectivity index (χ3n) is 3.02. The van der Waals surface area contributed by atoms with Gasteiger partial charge < -0.3 is 0 Å². The van der Waals surface area contributed by atoms with E-state index < -0.39 is 0 Å². The molecule has 0 amide bonds. The number of nitrogens with one attached hydrogen (secondary N) is 1. The van der Waals surface area contributed by atoms with Crippen molar-refractivity contribution in [3.8, 4) is 11.1 Å². The van der Waals surface area contributed by atoms with Crippen LogP contribution in [0.3, 0.4) is 0 Å². The summed E-state index contributed by atoms with van der Waals surface area (Å²) < 4.78 is 5.35. The van der Waals surface area contributed by atoms with Gasteiger partial charge in [0.05, 0.1) is 12.7 Å². The monoisotopic (exact) mass is 288 g/mol. The molecule has 102 valence electrons. The molecule has 0 saturated heterocycles. The molecule has 7 heteroatoms. The first kappa shape index (κ1) is 12.6. The molecule has 0 fully saturated rings. The number of aromatic amines is 1. The average Bonchev–Trinajstić information content (AvgIpc) is 3.01. The van der Waals surface area contributed by atoms with Crippen molar-refractivity contribution in [1.29, 1.82) is 0 Å². The second-order valence-corrected chi connectivity index (χ2v) is 5.22. The average molecular weight is 288 g/mol. The van der Waals surface area contributed by atoms with E-state index in [2.05, 4.69) is 9.47 Å². The molecule has 2 aromatic heterocycles. The van der Waals surface area contributed by atoms with Gasteiger partial charge in [-0.15, -0.1) is 0 Å². The molecular formula is C13H12N4O2S. The summed E-state index contributed by atoms with van der Waals surface area (Å²) in [5.41, 5.74) is 2.62. The van der Waals surface area contributed by atoms with Crippen LogP contribution in [0.2, 0.25) is 0 Å². The van der Waals surface area contributed by atoms with Crippen molar-refractivity contribution < 1.29 is 0 Å². The lowest BCUT2D eigenvalue weighted by Crippen LogP contribution is -2.26. The molecule has 20 heavy (non-hydrogen) atoms. The second kappa shape index (κ2) is 4.93. The number of nitrogens with zero attached hydrogens (tertiary/aromatic N) is 3. The molecule has 0 spiro atoms. The van der Waals surface area contributed by atoms with Crippen molar-refractivity contribution in [1.82, 2.24) is 18.7 Å². The first-order chi connectivity index (χ1) is 9.63. The number of hydrogen-bond acceptors (Lipinski definition) is 4. The molecule has 0 aliphatic carbocycles. The van der Waals surface area contributed by atoms with Crippen LogP contribution in [0.5, 0.6) is 0 Å². The van der Waals surface area contributed by atoms with Gasteiger partial charge in [-0.3, -0.25) is 13.8 Å². The highest BCUT2D eigenvalue weighted by molar-refractivity contribution is 7.02. The fraction of sp³-hybridized carbons (Fsp3) is 0.154. The first-order valence-corrected chi connectivity index (χ1v) is 6.81. The molecule has 1 aromatic carbocycles. The zero-order chi connectivity index (χ0) is 14.1. The molecule has 3 rings (SSSR count). The third kappa shape index (κ3) is 2.35. The van der Waals surface area contributed by atoms with Crippen LogP contribution in [0.25, 0.3) is 11.1 Å². The van der Waals surface area contributed by atoms with Gasteiger partial charge in [-0.2, -0.15) is 5.10 Å². The molecular weight excluding hydrogens is 276 g/mol. The van der Waals surface area contributed by atoms with E-state index in [9.17, 15) is 9.59 Å². The van der Waals surface area contributed by atoms with Gasteiger partial charge >= 0.3 is 10.6 Å². The number of hydrogen-bond donors (Lipinski definition) is 1. The molecule has 0 saturated carbocycles. The van der Waals surface area contributed by atoms with E-state index in [1.165, 1.54) is 4.57 Å². The fourth-order valence-corrected chi connectivity index (χ4v) is 2.51. The predicted octanol–water partition coefficient (Wildman–Crippen LogP) is 1.05. The van der Waals surface area contributed by atoms with E-state index in [-0.39, 0.29) is 17.1 Å². The van der Waals surface area contributed by atoms with Crippen LogP contribution in [0.1, 0.15) is 5.56 Å². The number of H-pyrrole nitrogens is 1. The lowest BCUT2D eigenvalue weighted by Gasteiger charge is -2.02. The standard InChI is InChI=1S/C13H12N4O2S/c1-16-8-11(6-14-16)10-4-2-9(3-5-10)7-17-12(18)15-20-13(17)19/h2-6,8H,7H2,1H3,(H,15,18). The number of benzene rings is 1. The highest BCUT2D eigenvalue weighted by Crippen LogP contribution is 2.18. The van der Waals surface area contributed by atoms with Crippen molar-refractivity contribution in [2.45, 2.75) is 6.54 Å². The molecule has 0 unspecified atom stereocenters. The molecule has 0 bridgehead atoms. The zero-order valence-corrected chi connectivity index (χ0v) is 11.6. The van der Waals surface area contributed by atoms with Gasteiger partial charge in [0, 0.05) is 30.3 Å². The van der Waals surface area contributed by atoms with E-state index >= 15 is 0 Å². The van der Waals surface area contributed by atoms with Crippen LogP contribution < -0.4 is 10.6 Å². The molecule has 3 aromatic rings. The molecule has 0 radical (unpaired) electrons. The van der Waals surface area contributed by atoms with E-state index in [4.69, 9.17) is 0 Å². The van der Waals surface area contributed by atoms with E-state index in [1.54, 1.807) is 10.9 Å². The largest absolute Gasteiger partial charge is 0.338 e. The fourth-order valence-electron chi connectivity index (χ4n) is 1.97. The van der Waals surface area contributed by atoms with Gasteiger partial charge in [-0.1, -0.05) is 24.3 Å². The first-order valence-electron chi connectivity index (χ1n) is 6.00. The van der Waals surface area contributed by atoms with Crippen molar-refractivity contribution >= 4 is 11.5 Å². The van der Waals surface area contributed by atoms with Gasteiger partial charge in [0.2, 0.25) is 0 Å².